The van der Waals surface area contributed by atoms with Gasteiger partial charge in [0.15, 0.2) is 5.78 Å². The molecule has 0 bridgehead atoms. The first-order valence-corrected chi connectivity index (χ1v) is 15.0. The fourth-order valence-corrected chi connectivity index (χ4v) is 6.69. The molecule has 1 aliphatic rings. The monoisotopic (exact) mass is 516 g/mol. The van der Waals surface area contributed by atoms with Gasteiger partial charge in [0, 0.05) is 17.9 Å². The maximum absolute atomic E-state index is 13.6. The number of rotatable bonds is 13. The molecule has 0 aromatic heterocycles. The lowest BCUT2D eigenvalue weighted by molar-refractivity contribution is -0.129. The van der Waals surface area contributed by atoms with Crippen molar-refractivity contribution < 1.29 is 14.4 Å². The Labute approximate surface area is 230 Å². The zero-order valence-electron chi connectivity index (χ0n) is 24.8. The number of ketones is 3. The Morgan fingerprint density at radius 3 is 2.32 bits per heavy atom. The number of Topliss-reactive ketones (excluding diaryl/α,β-unsaturated/α-hetero) is 3. The zero-order chi connectivity index (χ0) is 28.0. The molecule has 3 nitrogen and oxygen atoms in total. The van der Waals surface area contributed by atoms with Gasteiger partial charge in [0.05, 0.1) is 6.42 Å². The van der Waals surface area contributed by atoms with Gasteiger partial charge in [-0.3, -0.25) is 14.4 Å². The van der Waals surface area contributed by atoms with Crippen LogP contribution in [0.1, 0.15) is 125 Å². The zero-order valence-corrected chi connectivity index (χ0v) is 24.8. The van der Waals surface area contributed by atoms with Crippen molar-refractivity contribution in [3.05, 3.63) is 58.1 Å². The quantitative estimate of drug-likeness (QED) is 0.250. The molecule has 38 heavy (non-hydrogen) atoms. The third-order valence-corrected chi connectivity index (χ3v) is 8.89. The maximum Gasteiger partial charge on any atom is 0.163 e. The summed E-state index contributed by atoms with van der Waals surface area (Å²) in [7, 11) is 0. The number of benzene rings is 2. The van der Waals surface area contributed by atoms with Crippen LogP contribution in [0.25, 0.3) is 11.1 Å². The number of hydrogen-bond acceptors (Lipinski definition) is 3. The fourth-order valence-electron chi connectivity index (χ4n) is 6.69. The van der Waals surface area contributed by atoms with Gasteiger partial charge in [0.1, 0.15) is 11.6 Å². The normalized spacial score (nSPS) is 17.6. The first-order chi connectivity index (χ1) is 18.1. The molecule has 2 aromatic rings. The van der Waals surface area contributed by atoms with Gasteiger partial charge in [-0.05, 0) is 97.1 Å². The summed E-state index contributed by atoms with van der Waals surface area (Å²) in [4.78, 5) is 38.3. The molecule has 0 saturated heterocycles. The summed E-state index contributed by atoms with van der Waals surface area (Å²) >= 11 is 0. The molecular formula is C35H48O3. The maximum atomic E-state index is 13.6. The molecule has 0 heterocycles. The third-order valence-electron chi connectivity index (χ3n) is 8.89. The SMILES string of the molecule is CCCC(CC1CC(=O)c2c(C)ccc(-c3cc(C(C)CC)ccc3CC)c2C1)C(CC)C(=O)CC(C)=O. The Balaban J connectivity index is 2.02. The van der Waals surface area contributed by atoms with Gasteiger partial charge < -0.3 is 0 Å². The van der Waals surface area contributed by atoms with E-state index in [0.29, 0.717) is 12.3 Å². The average Bonchev–Trinajstić information content (AvgIpc) is 2.88. The van der Waals surface area contributed by atoms with Crippen LogP contribution in [0.2, 0.25) is 0 Å². The van der Waals surface area contributed by atoms with Crippen LogP contribution in [0.5, 0.6) is 0 Å². The van der Waals surface area contributed by atoms with Crippen molar-refractivity contribution in [2.75, 3.05) is 0 Å². The van der Waals surface area contributed by atoms with Crippen LogP contribution in [0, 0.1) is 24.7 Å². The highest BCUT2D eigenvalue weighted by molar-refractivity contribution is 6.02. The van der Waals surface area contributed by atoms with Crippen molar-refractivity contribution in [2.24, 2.45) is 17.8 Å². The minimum absolute atomic E-state index is 0.0286. The van der Waals surface area contributed by atoms with E-state index < -0.39 is 0 Å². The van der Waals surface area contributed by atoms with E-state index in [2.05, 4.69) is 71.9 Å². The first kappa shape index (κ1) is 30.0. The van der Waals surface area contributed by atoms with Crippen LogP contribution >= 0.6 is 0 Å². The van der Waals surface area contributed by atoms with Gasteiger partial charge >= 0.3 is 0 Å². The lowest BCUT2D eigenvalue weighted by Gasteiger charge is -2.33. The Morgan fingerprint density at radius 1 is 0.974 bits per heavy atom. The summed E-state index contributed by atoms with van der Waals surface area (Å²) < 4.78 is 0. The Hall–Kier alpha value is -2.55. The topological polar surface area (TPSA) is 51.2 Å². The van der Waals surface area contributed by atoms with Crippen molar-refractivity contribution >= 4 is 17.3 Å². The van der Waals surface area contributed by atoms with E-state index in [4.69, 9.17) is 0 Å². The van der Waals surface area contributed by atoms with Crippen LogP contribution in [-0.4, -0.2) is 17.3 Å². The Morgan fingerprint density at radius 2 is 1.71 bits per heavy atom. The van der Waals surface area contributed by atoms with Gasteiger partial charge in [-0.15, -0.1) is 0 Å². The van der Waals surface area contributed by atoms with Crippen molar-refractivity contribution in [3.63, 3.8) is 0 Å². The van der Waals surface area contributed by atoms with Crippen LogP contribution in [0.15, 0.2) is 30.3 Å². The largest absolute Gasteiger partial charge is 0.300 e. The molecule has 3 heteroatoms. The standard InChI is InChI=1S/C35H48O3/c1-8-12-28(29(11-4)33(37)17-24(7)36)18-25-19-32-30(16-13-23(6)35(32)34(38)20-25)31-21-27(22(5)9-2)15-14-26(31)10-3/h13-16,21-22,25,28-29H,8-12,17-20H2,1-7H3. The van der Waals surface area contributed by atoms with Gasteiger partial charge in [-0.1, -0.05) is 77.8 Å². The molecule has 0 fully saturated rings. The van der Waals surface area contributed by atoms with Gasteiger partial charge in [0.2, 0.25) is 0 Å². The van der Waals surface area contributed by atoms with Crippen molar-refractivity contribution in [1.29, 1.82) is 0 Å². The highest BCUT2D eigenvalue weighted by Crippen LogP contribution is 2.41. The number of fused-ring (bicyclic) bond motifs is 1. The molecule has 206 valence electrons. The molecule has 0 radical (unpaired) electrons. The van der Waals surface area contributed by atoms with Crippen molar-refractivity contribution in [1.82, 2.24) is 0 Å². The molecule has 0 spiro atoms. The molecular weight excluding hydrogens is 468 g/mol. The molecule has 2 aromatic carbocycles. The summed E-state index contributed by atoms with van der Waals surface area (Å²) in [5, 5.41) is 0. The molecule has 0 aliphatic heterocycles. The number of carbonyl (C=O) groups is 3. The Bertz CT molecular complexity index is 1160. The highest BCUT2D eigenvalue weighted by atomic mass is 16.1. The molecule has 3 rings (SSSR count). The van der Waals surface area contributed by atoms with E-state index in [1.54, 1.807) is 0 Å². The van der Waals surface area contributed by atoms with Crippen molar-refractivity contribution in [2.45, 2.75) is 112 Å². The van der Waals surface area contributed by atoms with Crippen LogP contribution in [0.4, 0.5) is 0 Å². The van der Waals surface area contributed by atoms with Gasteiger partial charge in [0.25, 0.3) is 0 Å². The average molecular weight is 517 g/mol. The minimum atomic E-state index is -0.105. The van der Waals surface area contributed by atoms with Crippen molar-refractivity contribution in [3.8, 4) is 11.1 Å². The molecule has 4 atom stereocenters. The summed E-state index contributed by atoms with van der Waals surface area (Å²) in [6, 6.07) is 11.3. The predicted molar refractivity (Wildman–Crippen MR) is 158 cm³/mol. The van der Waals surface area contributed by atoms with Gasteiger partial charge in [-0.2, -0.15) is 0 Å². The van der Waals surface area contributed by atoms with E-state index in [1.807, 2.05) is 0 Å². The summed E-state index contributed by atoms with van der Waals surface area (Å²) in [5.41, 5.74) is 8.33. The smallest absolute Gasteiger partial charge is 0.163 e. The molecule has 4 unspecified atom stereocenters. The molecule has 0 N–H and O–H groups in total. The summed E-state index contributed by atoms with van der Waals surface area (Å²) in [6.45, 7) is 14.5. The molecule has 1 aliphatic carbocycles. The minimum Gasteiger partial charge on any atom is -0.300 e. The predicted octanol–water partition coefficient (Wildman–Crippen LogP) is 8.86. The van der Waals surface area contributed by atoms with Gasteiger partial charge in [-0.25, -0.2) is 0 Å². The second-order valence-corrected chi connectivity index (χ2v) is 11.7. The number of aryl methyl sites for hydroxylation is 2. The lowest BCUT2D eigenvalue weighted by atomic mass is 9.71. The van der Waals surface area contributed by atoms with E-state index in [0.717, 1.165) is 56.1 Å². The number of carbonyl (C=O) groups excluding carboxylic acids is 3. The second kappa shape index (κ2) is 13.5. The molecule has 0 amide bonds. The Kier molecular flexibility index (Phi) is 10.7. The summed E-state index contributed by atoms with van der Waals surface area (Å²) in [6.07, 6.45) is 7.05. The second-order valence-electron chi connectivity index (χ2n) is 11.7. The molecule has 0 saturated carbocycles. The van der Waals surface area contributed by atoms with E-state index in [9.17, 15) is 14.4 Å². The highest BCUT2D eigenvalue weighted by Gasteiger charge is 2.34. The van der Waals surface area contributed by atoms with Crippen LogP contribution in [0.3, 0.4) is 0 Å². The van der Waals surface area contributed by atoms with E-state index in [-0.39, 0.29) is 41.5 Å². The third kappa shape index (κ3) is 6.71. The summed E-state index contributed by atoms with van der Waals surface area (Å²) in [5.74, 6) is 1.07. The fraction of sp³-hybridized carbons (Fsp3) is 0.571. The lowest BCUT2D eigenvalue weighted by Crippen LogP contribution is -2.30. The number of hydrogen-bond donors (Lipinski definition) is 0. The van der Waals surface area contributed by atoms with Crippen LogP contribution < -0.4 is 0 Å². The van der Waals surface area contributed by atoms with Crippen LogP contribution in [-0.2, 0) is 22.4 Å². The first-order valence-electron chi connectivity index (χ1n) is 15.0. The van der Waals surface area contributed by atoms with E-state index in [1.165, 1.54) is 34.7 Å². The van der Waals surface area contributed by atoms with E-state index >= 15 is 0 Å².